The molecule has 3 heterocycles. The third-order valence-corrected chi connectivity index (χ3v) is 4.19. The highest BCUT2D eigenvalue weighted by atomic mass is 16.5. The molecule has 25 heavy (non-hydrogen) atoms. The molecular weight excluding hydrogens is 320 g/mol. The largest absolute Gasteiger partial charge is 0.478 e. The summed E-state index contributed by atoms with van der Waals surface area (Å²) in [5.74, 6) is 0.827. The monoisotopic (exact) mass is 344 g/mol. The molecule has 0 spiro atoms. The van der Waals surface area contributed by atoms with Gasteiger partial charge in [-0.25, -0.2) is 4.98 Å². The summed E-state index contributed by atoms with van der Waals surface area (Å²) >= 11 is 0. The van der Waals surface area contributed by atoms with Crippen LogP contribution in [0, 0.1) is 5.92 Å². The lowest BCUT2D eigenvalue weighted by molar-refractivity contribution is 0.0945. The van der Waals surface area contributed by atoms with E-state index in [4.69, 9.17) is 4.74 Å². The average Bonchev–Trinajstić information content (AvgIpc) is 3.10. The van der Waals surface area contributed by atoms with Crippen LogP contribution in [0.4, 0.5) is 0 Å². The van der Waals surface area contributed by atoms with Gasteiger partial charge in [-0.3, -0.25) is 9.48 Å². The van der Waals surface area contributed by atoms with Crippen molar-refractivity contribution in [2.24, 2.45) is 5.92 Å². The molecule has 8 heteroatoms. The number of hydrogen-bond donors (Lipinski definition) is 2. The van der Waals surface area contributed by atoms with Crippen LogP contribution in [0.5, 0.6) is 5.88 Å². The van der Waals surface area contributed by atoms with Crippen LogP contribution in [0.15, 0.2) is 24.5 Å². The number of carbonyl (C=O) groups excluding carboxylic acids is 1. The number of carbonyl (C=O) groups is 1. The molecule has 2 aromatic heterocycles. The number of ether oxygens (including phenoxy) is 1. The first-order valence-corrected chi connectivity index (χ1v) is 8.72. The predicted octanol–water partition coefficient (Wildman–Crippen LogP) is 1.00. The second-order valence-electron chi connectivity index (χ2n) is 6.12. The molecule has 0 saturated carbocycles. The van der Waals surface area contributed by atoms with Crippen LogP contribution < -0.4 is 15.4 Å². The third kappa shape index (κ3) is 4.76. The first-order valence-electron chi connectivity index (χ1n) is 8.72. The highest BCUT2D eigenvalue weighted by molar-refractivity contribution is 5.91. The minimum Gasteiger partial charge on any atom is -0.478 e. The van der Waals surface area contributed by atoms with Crippen LogP contribution in [0.25, 0.3) is 0 Å². The van der Waals surface area contributed by atoms with Crippen LogP contribution in [-0.4, -0.2) is 45.6 Å². The summed E-state index contributed by atoms with van der Waals surface area (Å²) in [6, 6.07) is 3.70. The second kappa shape index (κ2) is 8.57. The molecular formula is C17H24N6O2. The van der Waals surface area contributed by atoms with E-state index >= 15 is 0 Å². The fourth-order valence-corrected chi connectivity index (χ4v) is 2.93. The highest BCUT2D eigenvalue weighted by Gasteiger charge is 2.16. The average molecular weight is 344 g/mol. The van der Waals surface area contributed by atoms with Crippen molar-refractivity contribution in [2.45, 2.75) is 32.9 Å². The van der Waals surface area contributed by atoms with E-state index in [0.717, 1.165) is 25.2 Å². The van der Waals surface area contributed by atoms with Crippen molar-refractivity contribution in [2.75, 3.05) is 19.7 Å². The summed E-state index contributed by atoms with van der Waals surface area (Å²) in [6.45, 7) is 5.62. The van der Waals surface area contributed by atoms with Crippen LogP contribution in [0.1, 0.15) is 35.8 Å². The van der Waals surface area contributed by atoms with Gasteiger partial charge in [0.1, 0.15) is 0 Å². The molecule has 2 aromatic rings. The van der Waals surface area contributed by atoms with E-state index < -0.39 is 0 Å². The minimum absolute atomic E-state index is 0.251. The van der Waals surface area contributed by atoms with Gasteiger partial charge in [-0.05, 0) is 44.8 Å². The van der Waals surface area contributed by atoms with E-state index in [1.807, 2.05) is 19.1 Å². The Balaban J connectivity index is 1.55. The van der Waals surface area contributed by atoms with Gasteiger partial charge in [0.25, 0.3) is 5.91 Å². The minimum atomic E-state index is -0.251. The Hall–Kier alpha value is -2.48. The number of nitrogens with zero attached hydrogens (tertiary/aromatic N) is 4. The van der Waals surface area contributed by atoms with Gasteiger partial charge < -0.3 is 15.4 Å². The molecule has 0 unspecified atom stereocenters. The second-order valence-corrected chi connectivity index (χ2v) is 6.12. The molecule has 0 aliphatic carbocycles. The predicted molar refractivity (Wildman–Crippen MR) is 92.2 cm³/mol. The van der Waals surface area contributed by atoms with Gasteiger partial charge in [0.2, 0.25) is 5.88 Å². The molecule has 8 nitrogen and oxygen atoms in total. The Morgan fingerprint density at radius 1 is 1.52 bits per heavy atom. The van der Waals surface area contributed by atoms with Crippen molar-refractivity contribution in [3.63, 3.8) is 0 Å². The van der Waals surface area contributed by atoms with Gasteiger partial charge in [0.05, 0.1) is 12.8 Å². The van der Waals surface area contributed by atoms with Crippen molar-refractivity contribution >= 4 is 5.91 Å². The molecule has 0 radical (unpaired) electrons. The van der Waals surface area contributed by atoms with Gasteiger partial charge in [0, 0.05) is 24.8 Å². The molecule has 1 amide bonds. The first kappa shape index (κ1) is 17.3. The summed E-state index contributed by atoms with van der Waals surface area (Å²) in [5, 5.41) is 14.3. The molecule has 1 saturated heterocycles. The topological polar surface area (TPSA) is 94.0 Å². The van der Waals surface area contributed by atoms with Gasteiger partial charge in [-0.15, -0.1) is 5.10 Å². The van der Waals surface area contributed by atoms with Crippen LogP contribution in [-0.2, 0) is 13.1 Å². The Bertz CT molecular complexity index is 696. The molecule has 1 atom stereocenters. The van der Waals surface area contributed by atoms with E-state index in [9.17, 15) is 4.79 Å². The fourth-order valence-electron chi connectivity index (χ4n) is 2.93. The van der Waals surface area contributed by atoms with Crippen molar-refractivity contribution in [1.29, 1.82) is 0 Å². The van der Waals surface area contributed by atoms with Gasteiger partial charge >= 0.3 is 0 Å². The van der Waals surface area contributed by atoms with Crippen molar-refractivity contribution in [1.82, 2.24) is 30.6 Å². The molecule has 0 aromatic carbocycles. The number of piperidine rings is 1. The van der Waals surface area contributed by atoms with Crippen molar-refractivity contribution < 1.29 is 9.53 Å². The number of rotatable bonds is 7. The summed E-state index contributed by atoms with van der Waals surface area (Å²) in [6.07, 6.45) is 5.73. The molecule has 134 valence electrons. The maximum Gasteiger partial charge on any atom is 0.273 e. The lowest BCUT2D eigenvalue weighted by Gasteiger charge is -2.22. The van der Waals surface area contributed by atoms with Crippen LogP contribution >= 0.6 is 0 Å². The lowest BCUT2D eigenvalue weighted by atomic mass is 10.00. The summed E-state index contributed by atoms with van der Waals surface area (Å²) in [7, 11) is 0. The zero-order valence-corrected chi connectivity index (χ0v) is 14.4. The Morgan fingerprint density at radius 3 is 3.24 bits per heavy atom. The highest BCUT2D eigenvalue weighted by Crippen LogP contribution is 2.14. The number of pyridine rings is 1. The molecule has 2 N–H and O–H groups in total. The smallest absolute Gasteiger partial charge is 0.273 e. The van der Waals surface area contributed by atoms with Crippen LogP contribution in [0.3, 0.4) is 0 Å². The van der Waals surface area contributed by atoms with E-state index in [0.29, 0.717) is 30.6 Å². The number of hydrogen-bond acceptors (Lipinski definition) is 6. The van der Waals surface area contributed by atoms with Crippen LogP contribution in [0.2, 0.25) is 0 Å². The zero-order valence-electron chi connectivity index (χ0n) is 14.4. The van der Waals surface area contributed by atoms with E-state index in [1.54, 1.807) is 17.1 Å². The van der Waals surface area contributed by atoms with E-state index in [1.165, 1.54) is 12.8 Å². The fraction of sp³-hybridized carbons (Fsp3) is 0.529. The first-order chi connectivity index (χ1) is 12.3. The van der Waals surface area contributed by atoms with Crippen molar-refractivity contribution in [3.05, 3.63) is 35.8 Å². The molecule has 3 rings (SSSR count). The lowest BCUT2D eigenvalue weighted by Crippen LogP contribution is -2.32. The summed E-state index contributed by atoms with van der Waals surface area (Å²) < 4.78 is 7.22. The van der Waals surface area contributed by atoms with E-state index in [2.05, 4.69) is 25.9 Å². The Labute approximate surface area is 147 Å². The van der Waals surface area contributed by atoms with Gasteiger partial charge in [-0.1, -0.05) is 11.3 Å². The quantitative estimate of drug-likeness (QED) is 0.778. The third-order valence-electron chi connectivity index (χ3n) is 4.19. The SMILES string of the molecule is CCOc1ncccc1CNC(=O)c1cn(C[C@@H]2CCCNC2)nn1. The number of amides is 1. The van der Waals surface area contributed by atoms with Gasteiger partial charge in [0.15, 0.2) is 5.69 Å². The Kier molecular flexibility index (Phi) is 5.95. The Morgan fingerprint density at radius 2 is 2.44 bits per heavy atom. The molecule has 1 aliphatic heterocycles. The number of aromatic nitrogens is 4. The van der Waals surface area contributed by atoms with E-state index in [-0.39, 0.29) is 5.91 Å². The summed E-state index contributed by atoms with van der Waals surface area (Å²) in [4.78, 5) is 16.5. The van der Waals surface area contributed by atoms with Gasteiger partial charge in [-0.2, -0.15) is 0 Å². The molecule has 1 fully saturated rings. The summed E-state index contributed by atoms with van der Waals surface area (Å²) in [5.41, 5.74) is 1.16. The maximum absolute atomic E-state index is 12.3. The molecule has 1 aliphatic rings. The normalized spacial score (nSPS) is 17.2. The zero-order chi connectivity index (χ0) is 17.5. The maximum atomic E-state index is 12.3. The number of nitrogens with one attached hydrogen (secondary N) is 2. The standard InChI is InChI=1S/C17H24N6O2/c1-2-25-17-14(6-4-8-19-17)10-20-16(24)15-12-23(22-21-15)11-13-5-3-7-18-9-13/h4,6,8,12-13,18H,2-3,5,7,9-11H2,1H3,(H,20,24)/t13-/m1/s1. The van der Waals surface area contributed by atoms with Crippen molar-refractivity contribution in [3.8, 4) is 5.88 Å². The molecule has 0 bridgehead atoms.